The third kappa shape index (κ3) is 1.45. The molecular weight excluding hydrogens is 204 g/mol. The molecule has 0 unspecified atom stereocenters. The maximum Gasteiger partial charge on any atom is 0.194 e. The zero-order chi connectivity index (χ0) is 10.3. The van der Waals surface area contributed by atoms with Crippen LogP contribution in [-0.2, 0) is 11.2 Å². The van der Waals surface area contributed by atoms with Gasteiger partial charge in [0.1, 0.15) is 0 Å². The second kappa shape index (κ2) is 3.38. The van der Waals surface area contributed by atoms with Crippen LogP contribution in [0.3, 0.4) is 0 Å². The van der Waals surface area contributed by atoms with Crippen molar-refractivity contribution in [3.63, 3.8) is 0 Å². The normalized spacial score (nSPS) is 15.3. The molecule has 0 amide bonds. The van der Waals surface area contributed by atoms with Gasteiger partial charge in [-0.3, -0.25) is 4.79 Å². The molecule has 0 aromatic heterocycles. The Hall–Kier alpha value is -1.28. The van der Waals surface area contributed by atoms with Crippen molar-refractivity contribution in [3.05, 3.63) is 42.0 Å². The monoisotopic (exact) mass is 214 g/mol. The molecule has 1 nitrogen and oxygen atoms in total. The highest BCUT2D eigenvalue weighted by Crippen LogP contribution is 2.35. The van der Waals surface area contributed by atoms with E-state index in [1.165, 1.54) is 28.1 Å². The van der Waals surface area contributed by atoms with Crippen molar-refractivity contribution in [3.8, 4) is 0 Å². The average Bonchev–Trinajstić information content (AvgIpc) is 2.28. The van der Waals surface area contributed by atoms with E-state index in [1.807, 2.05) is 0 Å². The molecule has 0 radical (unpaired) electrons. The minimum absolute atomic E-state index is 0.290. The summed E-state index contributed by atoms with van der Waals surface area (Å²) in [4.78, 5) is 12.5. The molecule has 2 heteroatoms. The third-order valence-electron chi connectivity index (χ3n) is 2.80. The predicted octanol–water partition coefficient (Wildman–Crippen LogP) is 3.40. The Morgan fingerprint density at radius 2 is 1.87 bits per heavy atom. The Bertz CT molecular complexity index is 545. The van der Waals surface area contributed by atoms with Gasteiger partial charge in [-0.2, -0.15) is 0 Å². The van der Waals surface area contributed by atoms with Crippen LogP contribution in [0.2, 0.25) is 0 Å². The van der Waals surface area contributed by atoms with Gasteiger partial charge in [-0.25, -0.2) is 0 Å². The number of carbonyl (C=O) groups excluding carboxylic acids is 1. The molecule has 1 aliphatic rings. The summed E-state index contributed by atoms with van der Waals surface area (Å²) in [5.74, 6) is 0. The molecule has 3 rings (SSSR count). The fourth-order valence-electron chi connectivity index (χ4n) is 2.07. The van der Waals surface area contributed by atoms with Crippen LogP contribution in [0.25, 0.3) is 10.8 Å². The summed E-state index contributed by atoms with van der Waals surface area (Å²) >= 11 is 1.39. The van der Waals surface area contributed by atoms with E-state index < -0.39 is 0 Å². The molecule has 0 spiro atoms. The van der Waals surface area contributed by atoms with Crippen molar-refractivity contribution >= 4 is 27.6 Å². The first-order valence-corrected chi connectivity index (χ1v) is 5.87. The number of rotatable bonds is 0. The lowest BCUT2D eigenvalue weighted by Crippen LogP contribution is -2.04. The SMILES string of the molecule is O=C1CCc2c(ccc3ccccc23)S1. The van der Waals surface area contributed by atoms with Crippen LogP contribution in [-0.4, -0.2) is 5.12 Å². The first kappa shape index (κ1) is 8.98. The number of carbonyl (C=O) groups is 1. The lowest BCUT2D eigenvalue weighted by Gasteiger charge is -2.16. The summed E-state index contributed by atoms with van der Waals surface area (Å²) in [7, 11) is 0. The summed E-state index contributed by atoms with van der Waals surface area (Å²) in [6, 6.07) is 12.5. The Labute approximate surface area is 92.5 Å². The molecule has 2 aromatic rings. The summed E-state index contributed by atoms with van der Waals surface area (Å²) < 4.78 is 0. The average molecular weight is 214 g/mol. The Balaban J connectivity index is 2.30. The maximum atomic E-state index is 11.3. The molecule has 0 saturated heterocycles. The van der Waals surface area contributed by atoms with Gasteiger partial charge in [0.2, 0.25) is 0 Å². The molecule has 74 valence electrons. The zero-order valence-electron chi connectivity index (χ0n) is 8.19. The summed E-state index contributed by atoms with van der Waals surface area (Å²) in [5, 5.41) is 2.86. The number of fused-ring (bicyclic) bond motifs is 3. The molecule has 15 heavy (non-hydrogen) atoms. The van der Waals surface area contributed by atoms with Gasteiger partial charge in [-0.05, 0) is 28.8 Å². The van der Waals surface area contributed by atoms with E-state index in [0.717, 1.165) is 11.3 Å². The number of benzene rings is 2. The van der Waals surface area contributed by atoms with Crippen LogP contribution in [0.1, 0.15) is 12.0 Å². The second-order valence-corrected chi connectivity index (χ2v) is 4.84. The third-order valence-corrected chi connectivity index (χ3v) is 3.83. The van der Waals surface area contributed by atoms with Gasteiger partial charge in [0, 0.05) is 11.3 Å². The Morgan fingerprint density at radius 1 is 1.00 bits per heavy atom. The molecule has 0 fully saturated rings. The van der Waals surface area contributed by atoms with Gasteiger partial charge in [0.25, 0.3) is 0 Å². The number of hydrogen-bond acceptors (Lipinski definition) is 2. The molecule has 0 bridgehead atoms. The van der Waals surface area contributed by atoms with Gasteiger partial charge < -0.3 is 0 Å². The minimum atomic E-state index is 0.290. The number of thioether (sulfide) groups is 1. The number of aryl methyl sites for hydroxylation is 1. The first-order chi connectivity index (χ1) is 7.34. The van der Waals surface area contributed by atoms with Crippen LogP contribution >= 0.6 is 11.8 Å². The van der Waals surface area contributed by atoms with Crippen molar-refractivity contribution in [2.24, 2.45) is 0 Å². The lowest BCUT2D eigenvalue weighted by atomic mass is 10.0. The van der Waals surface area contributed by atoms with Gasteiger partial charge in [-0.1, -0.05) is 42.1 Å². The van der Waals surface area contributed by atoms with Gasteiger partial charge in [0.15, 0.2) is 5.12 Å². The van der Waals surface area contributed by atoms with Crippen LogP contribution in [0, 0.1) is 0 Å². The molecule has 0 saturated carbocycles. The highest BCUT2D eigenvalue weighted by atomic mass is 32.2. The highest BCUT2D eigenvalue weighted by Gasteiger charge is 2.17. The fourth-order valence-corrected chi connectivity index (χ4v) is 2.99. The maximum absolute atomic E-state index is 11.3. The van der Waals surface area contributed by atoms with Crippen molar-refractivity contribution in [2.45, 2.75) is 17.7 Å². The molecule has 0 atom stereocenters. The van der Waals surface area contributed by atoms with Crippen molar-refractivity contribution in [1.29, 1.82) is 0 Å². The van der Waals surface area contributed by atoms with E-state index in [1.54, 1.807) is 0 Å². The van der Waals surface area contributed by atoms with E-state index in [-0.39, 0.29) is 5.12 Å². The highest BCUT2D eigenvalue weighted by molar-refractivity contribution is 8.13. The predicted molar refractivity (Wildman–Crippen MR) is 63.1 cm³/mol. The van der Waals surface area contributed by atoms with Gasteiger partial charge >= 0.3 is 0 Å². The van der Waals surface area contributed by atoms with E-state index in [2.05, 4.69) is 36.4 Å². The molecule has 1 heterocycles. The molecule has 0 N–H and O–H groups in total. The van der Waals surface area contributed by atoms with Crippen LogP contribution in [0.15, 0.2) is 41.3 Å². The smallest absolute Gasteiger partial charge is 0.194 e. The van der Waals surface area contributed by atoms with E-state index in [9.17, 15) is 4.79 Å². The molecule has 2 aromatic carbocycles. The largest absolute Gasteiger partial charge is 0.287 e. The van der Waals surface area contributed by atoms with E-state index in [0.29, 0.717) is 6.42 Å². The molecular formula is C13H10OS. The topological polar surface area (TPSA) is 17.1 Å². The van der Waals surface area contributed by atoms with Crippen LogP contribution in [0.4, 0.5) is 0 Å². The first-order valence-electron chi connectivity index (χ1n) is 5.06. The van der Waals surface area contributed by atoms with Gasteiger partial charge in [-0.15, -0.1) is 0 Å². The van der Waals surface area contributed by atoms with Crippen LogP contribution in [0.5, 0.6) is 0 Å². The Morgan fingerprint density at radius 3 is 2.80 bits per heavy atom. The second-order valence-electron chi connectivity index (χ2n) is 3.74. The molecule has 0 aliphatic carbocycles. The van der Waals surface area contributed by atoms with Crippen molar-refractivity contribution in [2.75, 3.05) is 0 Å². The van der Waals surface area contributed by atoms with E-state index >= 15 is 0 Å². The van der Waals surface area contributed by atoms with Gasteiger partial charge in [0.05, 0.1) is 0 Å². The minimum Gasteiger partial charge on any atom is -0.287 e. The summed E-state index contributed by atoms with van der Waals surface area (Å²) in [5.41, 5.74) is 1.35. The number of hydrogen-bond donors (Lipinski definition) is 0. The van der Waals surface area contributed by atoms with Crippen molar-refractivity contribution in [1.82, 2.24) is 0 Å². The standard InChI is InChI=1S/C13H10OS/c14-13-8-6-11-10-4-2-1-3-9(10)5-7-12(11)15-13/h1-5,7H,6,8H2. The summed E-state index contributed by atoms with van der Waals surface area (Å²) in [6.45, 7) is 0. The quantitative estimate of drug-likeness (QED) is 0.668. The summed E-state index contributed by atoms with van der Waals surface area (Å²) in [6.07, 6.45) is 1.56. The van der Waals surface area contributed by atoms with Crippen molar-refractivity contribution < 1.29 is 4.79 Å². The lowest BCUT2D eigenvalue weighted by molar-refractivity contribution is -0.111. The zero-order valence-corrected chi connectivity index (χ0v) is 9.01. The van der Waals surface area contributed by atoms with Crippen LogP contribution < -0.4 is 0 Å². The molecule has 1 aliphatic heterocycles. The Kier molecular flexibility index (Phi) is 2.03. The fraction of sp³-hybridized carbons (Fsp3) is 0.154. The van der Waals surface area contributed by atoms with E-state index in [4.69, 9.17) is 0 Å².